The van der Waals surface area contributed by atoms with Gasteiger partial charge in [0.2, 0.25) is 0 Å². The summed E-state index contributed by atoms with van der Waals surface area (Å²) >= 11 is 0. The van der Waals surface area contributed by atoms with Gasteiger partial charge in [-0.05, 0) is 24.6 Å². The quantitative estimate of drug-likeness (QED) is 0.784. The van der Waals surface area contributed by atoms with Crippen LogP contribution in [0.15, 0.2) is 24.3 Å². The lowest BCUT2D eigenvalue weighted by atomic mass is 10.1. The minimum Gasteiger partial charge on any atom is -0.374 e. The number of carbonyl (C=O) groups excluding carboxylic acids is 1. The van der Waals surface area contributed by atoms with Crippen LogP contribution in [0.3, 0.4) is 0 Å². The zero-order chi connectivity index (χ0) is 13.6. The molecule has 2 aliphatic heterocycles. The van der Waals surface area contributed by atoms with Crippen molar-refractivity contribution in [2.75, 3.05) is 13.2 Å². The minimum atomic E-state index is -4.43. The third kappa shape index (κ3) is 2.20. The molecule has 3 nitrogen and oxygen atoms in total. The number of amides is 1. The standard InChI is InChI=1S/C13H12F3NO2/c14-13(15,16)9-3-1-2-8(4-9)12(18)17-6-11-5-10(17)7-19-11/h1-4,10-11H,5-7H2/t10-,11+/m0/s1. The molecule has 102 valence electrons. The molecule has 1 aromatic rings. The molecular weight excluding hydrogens is 259 g/mol. The van der Waals surface area contributed by atoms with Crippen molar-refractivity contribution < 1.29 is 22.7 Å². The Kier molecular flexibility index (Phi) is 2.78. The van der Waals surface area contributed by atoms with Crippen LogP contribution in [0, 0.1) is 0 Å². The lowest BCUT2D eigenvalue weighted by molar-refractivity contribution is -0.137. The van der Waals surface area contributed by atoms with Crippen molar-refractivity contribution in [3.8, 4) is 0 Å². The highest BCUT2D eigenvalue weighted by Gasteiger charge is 2.42. The van der Waals surface area contributed by atoms with Crippen LogP contribution in [-0.2, 0) is 10.9 Å². The van der Waals surface area contributed by atoms with Crippen molar-refractivity contribution in [1.29, 1.82) is 0 Å². The maximum atomic E-state index is 12.6. The van der Waals surface area contributed by atoms with Gasteiger partial charge in [0.1, 0.15) is 0 Å². The van der Waals surface area contributed by atoms with E-state index < -0.39 is 11.7 Å². The van der Waals surface area contributed by atoms with Gasteiger partial charge in [-0.15, -0.1) is 0 Å². The molecule has 2 saturated heterocycles. The molecule has 0 radical (unpaired) electrons. The Hall–Kier alpha value is -1.56. The molecule has 2 fully saturated rings. The van der Waals surface area contributed by atoms with E-state index in [9.17, 15) is 18.0 Å². The summed E-state index contributed by atoms with van der Waals surface area (Å²) in [6.45, 7) is 0.953. The van der Waals surface area contributed by atoms with Crippen molar-refractivity contribution in [1.82, 2.24) is 4.90 Å². The fourth-order valence-corrected chi connectivity index (χ4v) is 2.64. The van der Waals surface area contributed by atoms with Gasteiger partial charge in [-0.3, -0.25) is 4.79 Å². The average Bonchev–Trinajstić information content (AvgIpc) is 2.99. The van der Waals surface area contributed by atoms with Crippen molar-refractivity contribution in [3.63, 3.8) is 0 Å². The van der Waals surface area contributed by atoms with Crippen LogP contribution in [0.25, 0.3) is 0 Å². The molecule has 6 heteroatoms. The van der Waals surface area contributed by atoms with Crippen LogP contribution < -0.4 is 0 Å². The molecule has 0 aliphatic carbocycles. The Bertz CT molecular complexity index is 515. The van der Waals surface area contributed by atoms with Crippen molar-refractivity contribution in [2.24, 2.45) is 0 Å². The second kappa shape index (κ2) is 4.23. The van der Waals surface area contributed by atoms with E-state index in [0.29, 0.717) is 13.2 Å². The number of nitrogens with zero attached hydrogens (tertiary/aromatic N) is 1. The maximum absolute atomic E-state index is 12.6. The van der Waals surface area contributed by atoms with E-state index in [1.807, 2.05) is 0 Å². The van der Waals surface area contributed by atoms with E-state index in [1.165, 1.54) is 12.1 Å². The number of carbonyl (C=O) groups is 1. The van der Waals surface area contributed by atoms with Gasteiger partial charge in [0.15, 0.2) is 0 Å². The number of hydrogen-bond donors (Lipinski definition) is 0. The third-order valence-corrected chi connectivity index (χ3v) is 3.60. The highest BCUT2D eigenvalue weighted by molar-refractivity contribution is 5.95. The zero-order valence-electron chi connectivity index (χ0n) is 9.98. The first-order valence-corrected chi connectivity index (χ1v) is 6.05. The number of ether oxygens (including phenoxy) is 1. The number of benzene rings is 1. The maximum Gasteiger partial charge on any atom is 0.416 e. The van der Waals surface area contributed by atoms with Gasteiger partial charge in [0.25, 0.3) is 5.91 Å². The van der Waals surface area contributed by atoms with Crippen LogP contribution in [0.4, 0.5) is 13.2 Å². The first-order chi connectivity index (χ1) is 8.95. The fraction of sp³-hybridized carbons (Fsp3) is 0.462. The Morgan fingerprint density at radius 1 is 1.37 bits per heavy atom. The summed E-state index contributed by atoms with van der Waals surface area (Å²) in [5.41, 5.74) is -0.707. The van der Waals surface area contributed by atoms with Crippen molar-refractivity contribution >= 4 is 5.91 Å². The van der Waals surface area contributed by atoms with Crippen LogP contribution in [0.2, 0.25) is 0 Å². The zero-order valence-corrected chi connectivity index (χ0v) is 9.98. The third-order valence-electron chi connectivity index (χ3n) is 3.60. The molecule has 0 unspecified atom stereocenters. The normalized spacial score (nSPS) is 25.9. The Balaban J connectivity index is 1.84. The molecule has 2 bridgehead atoms. The van der Waals surface area contributed by atoms with Crippen LogP contribution in [-0.4, -0.2) is 36.1 Å². The Morgan fingerprint density at radius 2 is 2.16 bits per heavy atom. The molecule has 2 atom stereocenters. The number of halogens is 3. The van der Waals surface area contributed by atoms with Gasteiger partial charge in [-0.1, -0.05) is 6.07 Å². The summed E-state index contributed by atoms with van der Waals surface area (Å²) in [6.07, 6.45) is -3.60. The number of alkyl halides is 3. The number of hydrogen-bond acceptors (Lipinski definition) is 2. The molecule has 1 amide bonds. The lowest BCUT2D eigenvalue weighted by Gasteiger charge is -2.27. The smallest absolute Gasteiger partial charge is 0.374 e. The molecule has 2 heterocycles. The predicted octanol–water partition coefficient (Wildman–Crippen LogP) is 2.32. The first-order valence-electron chi connectivity index (χ1n) is 6.05. The van der Waals surface area contributed by atoms with Gasteiger partial charge < -0.3 is 9.64 Å². The summed E-state index contributed by atoms with van der Waals surface area (Å²) in [5.74, 6) is -0.345. The molecule has 1 aromatic carbocycles. The second-order valence-corrected chi connectivity index (χ2v) is 4.88. The summed E-state index contributed by atoms with van der Waals surface area (Å²) < 4.78 is 43.2. The predicted molar refractivity (Wildman–Crippen MR) is 60.6 cm³/mol. The minimum absolute atomic E-state index is 0.00652. The molecule has 2 aliphatic rings. The second-order valence-electron chi connectivity index (χ2n) is 4.88. The molecule has 0 N–H and O–H groups in total. The molecule has 0 saturated carbocycles. The summed E-state index contributed by atoms with van der Waals surface area (Å²) in [5, 5.41) is 0. The monoisotopic (exact) mass is 271 g/mol. The van der Waals surface area contributed by atoms with Crippen molar-refractivity contribution in [2.45, 2.75) is 24.7 Å². The van der Waals surface area contributed by atoms with Gasteiger partial charge >= 0.3 is 6.18 Å². The van der Waals surface area contributed by atoms with E-state index in [4.69, 9.17) is 4.74 Å². The van der Waals surface area contributed by atoms with E-state index >= 15 is 0 Å². The van der Waals surface area contributed by atoms with Gasteiger partial charge in [-0.25, -0.2) is 0 Å². The molecule has 19 heavy (non-hydrogen) atoms. The van der Waals surface area contributed by atoms with Gasteiger partial charge in [0.05, 0.1) is 24.3 Å². The van der Waals surface area contributed by atoms with Crippen LogP contribution in [0.1, 0.15) is 22.3 Å². The van der Waals surface area contributed by atoms with Gasteiger partial charge in [0, 0.05) is 12.1 Å². The summed E-state index contributed by atoms with van der Waals surface area (Å²) in [6, 6.07) is 4.57. The summed E-state index contributed by atoms with van der Waals surface area (Å²) in [4.78, 5) is 13.8. The van der Waals surface area contributed by atoms with Crippen LogP contribution in [0.5, 0.6) is 0 Å². The van der Waals surface area contributed by atoms with Crippen LogP contribution >= 0.6 is 0 Å². The molecular formula is C13H12F3NO2. The number of morpholine rings is 1. The summed E-state index contributed by atoms with van der Waals surface area (Å²) in [7, 11) is 0. The first kappa shape index (κ1) is 12.5. The lowest BCUT2D eigenvalue weighted by Crippen LogP contribution is -2.41. The molecule has 0 aromatic heterocycles. The molecule has 3 rings (SSSR count). The topological polar surface area (TPSA) is 29.5 Å². The number of likely N-dealkylation sites (tertiary alicyclic amines) is 1. The highest BCUT2D eigenvalue weighted by atomic mass is 19.4. The Labute approximate surface area is 108 Å². The number of fused-ring (bicyclic) bond motifs is 2. The molecule has 0 spiro atoms. The van der Waals surface area contributed by atoms with E-state index in [0.717, 1.165) is 18.6 Å². The largest absolute Gasteiger partial charge is 0.416 e. The average molecular weight is 271 g/mol. The van der Waals surface area contributed by atoms with Crippen molar-refractivity contribution in [3.05, 3.63) is 35.4 Å². The SMILES string of the molecule is O=C(c1cccc(C(F)(F)F)c1)N1C[C@H]2C[C@H]1CO2. The van der Waals surface area contributed by atoms with E-state index in [-0.39, 0.29) is 23.6 Å². The number of rotatable bonds is 1. The fourth-order valence-electron chi connectivity index (χ4n) is 2.64. The van der Waals surface area contributed by atoms with Gasteiger partial charge in [-0.2, -0.15) is 13.2 Å². The highest BCUT2D eigenvalue weighted by Crippen LogP contribution is 2.32. The van der Waals surface area contributed by atoms with E-state index in [1.54, 1.807) is 4.90 Å². The van der Waals surface area contributed by atoms with E-state index in [2.05, 4.69) is 0 Å². The Morgan fingerprint density at radius 3 is 2.74 bits per heavy atom.